The highest BCUT2D eigenvalue weighted by Crippen LogP contribution is 2.31. The molecule has 3 heteroatoms. The summed E-state index contributed by atoms with van der Waals surface area (Å²) in [5, 5.41) is 0. The van der Waals surface area contributed by atoms with Crippen LogP contribution < -0.4 is 0 Å². The lowest BCUT2D eigenvalue weighted by Gasteiger charge is -2.39. The van der Waals surface area contributed by atoms with Crippen LogP contribution in [0.25, 0.3) is 0 Å². The van der Waals surface area contributed by atoms with Gasteiger partial charge in [-0.3, -0.25) is 0 Å². The van der Waals surface area contributed by atoms with Crippen molar-refractivity contribution in [3.8, 4) is 0 Å². The first-order valence-corrected chi connectivity index (χ1v) is 4.15. The predicted octanol–water partition coefficient (Wildman–Crippen LogP) is 1.38. The Kier molecular flexibility index (Phi) is 3.30. The van der Waals surface area contributed by atoms with Crippen molar-refractivity contribution in [2.75, 3.05) is 26.4 Å². The molecule has 0 unspecified atom stereocenters. The van der Waals surface area contributed by atoms with Gasteiger partial charge in [0, 0.05) is 5.41 Å². The van der Waals surface area contributed by atoms with Crippen molar-refractivity contribution in [1.82, 2.24) is 0 Å². The molecule has 0 amide bonds. The van der Waals surface area contributed by atoms with Crippen LogP contribution in [-0.4, -0.2) is 26.4 Å². The minimum atomic E-state index is 0.245. The van der Waals surface area contributed by atoms with Crippen molar-refractivity contribution in [3.63, 3.8) is 0 Å². The normalized spacial score (nSPS) is 21.3. The smallest absolute Gasteiger partial charge is 0.0922 e. The molecule has 0 aliphatic carbocycles. The summed E-state index contributed by atoms with van der Waals surface area (Å²) in [6.45, 7) is 6.97. The maximum absolute atomic E-state index is 5.12. The molecule has 1 aliphatic rings. The van der Waals surface area contributed by atoms with Crippen LogP contribution in [0.2, 0.25) is 0 Å². The molecule has 0 saturated carbocycles. The van der Waals surface area contributed by atoms with E-state index in [0.29, 0.717) is 13.2 Å². The van der Waals surface area contributed by atoms with Gasteiger partial charge in [-0.2, -0.15) is 0 Å². The van der Waals surface area contributed by atoms with Gasteiger partial charge in [-0.25, -0.2) is 9.78 Å². The summed E-state index contributed by atoms with van der Waals surface area (Å²) in [5.41, 5.74) is 0.245. The van der Waals surface area contributed by atoms with E-state index in [1.165, 1.54) is 0 Å². The molecule has 1 rings (SSSR count). The van der Waals surface area contributed by atoms with Crippen molar-refractivity contribution in [3.05, 3.63) is 0 Å². The molecule has 1 saturated heterocycles. The Labute approximate surface area is 67.6 Å². The predicted molar refractivity (Wildman–Crippen MR) is 41.1 cm³/mol. The largest absolute Gasteiger partial charge is 0.380 e. The van der Waals surface area contributed by atoms with Gasteiger partial charge < -0.3 is 4.74 Å². The Morgan fingerprint density at radius 1 is 1.27 bits per heavy atom. The van der Waals surface area contributed by atoms with Crippen LogP contribution in [0.1, 0.15) is 20.3 Å². The fourth-order valence-electron chi connectivity index (χ4n) is 1.03. The second-order valence-electron chi connectivity index (χ2n) is 3.02. The van der Waals surface area contributed by atoms with Crippen LogP contribution in [0, 0.1) is 5.41 Å². The van der Waals surface area contributed by atoms with E-state index in [1.807, 2.05) is 6.92 Å². The van der Waals surface area contributed by atoms with Gasteiger partial charge in [0.25, 0.3) is 0 Å². The summed E-state index contributed by atoms with van der Waals surface area (Å²) >= 11 is 0. The first-order chi connectivity index (χ1) is 5.33. The SMILES string of the molecule is CCOOCC1(CC)COC1. The standard InChI is InChI=1S/C8H16O3/c1-3-8(5-9-6-8)7-11-10-4-2/h3-7H2,1-2H3. The van der Waals surface area contributed by atoms with E-state index in [1.54, 1.807) is 0 Å². The third-order valence-electron chi connectivity index (χ3n) is 2.13. The third-order valence-corrected chi connectivity index (χ3v) is 2.13. The zero-order valence-corrected chi connectivity index (χ0v) is 7.26. The van der Waals surface area contributed by atoms with Gasteiger partial charge >= 0.3 is 0 Å². The molecule has 0 atom stereocenters. The van der Waals surface area contributed by atoms with Gasteiger partial charge in [-0.15, -0.1) is 0 Å². The molecule has 0 spiro atoms. The zero-order valence-electron chi connectivity index (χ0n) is 7.26. The van der Waals surface area contributed by atoms with Gasteiger partial charge in [0.1, 0.15) is 0 Å². The van der Waals surface area contributed by atoms with Crippen LogP contribution >= 0.6 is 0 Å². The van der Waals surface area contributed by atoms with Crippen LogP contribution in [0.5, 0.6) is 0 Å². The third kappa shape index (κ3) is 2.15. The van der Waals surface area contributed by atoms with Crippen LogP contribution in [0.3, 0.4) is 0 Å². The van der Waals surface area contributed by atoms with Crippen molar-refractivity contribution in [2.45, 2.75) is 20.3 Å². The Bertz CT molecular complexity index is 104. The highest BCUT2D eigenvalue weighted by molar-refractivity contribution is 4.83. The highest BCUT2D eigenvalue weighted by Gasteiger charge is 2.37. The summed E-state index contributed by atoms with van der Waals surface area (Å²) in [5.74, 6) is 0. The quantitative estimate of drug-likeness (QED) is 0.345. The van der Waals surface area contributed by atoms with Gasteiger partial charge in [0.15, 0.2) is 0 Å². The van der Waals surface area contributed by atoms with E-state index in [4.69, 9.17) is 14.5 Å². The van der Waals surface area contributed by atoms with E-state index in [9.17, 15) is 0 Å². The van der Waals surface area contributed by atoms with E-state index in [2.05, 4.69) is 6.92 Å². The molecule has 0 aromatic heterocycles. The highest BCUT2D eigenvalue weighted by atomic mass is 17.2. The van der Waals surface area contributed by atoms with E-state index >= 15 is 0 Å². The molecule has 0 aromatic rings. The van der Waals surface area contributed by atoms with E-state index < -0.39 is 0 Å². The number of rotatable bonds is 5. The van der Waals surface area contributed by atoms with Crippen molar-refractivity contribution in [2.24, 2.45) is 5.41 Å². The molecule has 1 heterocycles. The van der Waals surface area contributed by atoms with Gasteiger partial charge in [-0.1, -0.05) is 6.92 Å². The van der Waals surface area contributed by atoms with Crippen LogP contribution in [0.15, 0.2) is 0 Å². The molecule has 0 N–H and O–H groups in total. The molecule has 1 aliphatic heterocycles. The monoisotopic (exact) mass is 160 g/mol. The molecule has 66 valence electrons. The van der Waals surface area contributed by atoms with Gasteiger partial charge in [0.05, 0.1) is 26.4 Å². The number of ether oxygens (including phenoxy) is 1. The first kappa shape index (κ1) is 8.97. The van der Waals surface area contributed by atoms with Crippen LogP contribution in [0.4, 0.5) is 0 Å². The molecule has 11 heavy (non-hydrogen) atoms. The Hall–Kier alpha value is -0.120. The summed E-state index contributed by atoms with van der Waals surface area (Å²) in [4.78, 5) is 9.81. The maximum atomic E-state index is 5.12. The van der Waals surface area contributed by atoms with Crippen molar-refractivity contribution in [1.29, 1.82) is 0 Å². The van der Waals surface area contributed by atoms with Crippen molar-refractivity contribution >= 4 is 0 Å². The maximum Gasteiger partial charge on any atom is 0.0922 e. The summed E-state index contributed by atoms with van der Waals surface area (Å²) < 4.78 is 5.12. The molecule has 0 radical (unpaired) electrons. The fourth-order valence-corrected chi connectivity index (χ4v) is 1.03. The minimum Gasteiger partial charge on any atom is -0.380 e. The fraction of sp³-hybridized carbons (Fsp3) is 1.00. The first-order valence-electron chi connectivity index (χ1n) is 4.15. The summed E-state index contributed by atoms with van der Waals surface area (Å²) in [7, 11) is 0. The Morgan fingerprint density at radius 2 is 2.00 bits per heavy atom. The van der Waals surface area contributed by atoms with Crippen LogP contribution in [-0.2, 0) is 14.5 Å². The number of hydrogen-bond donors (Lipinski definition) is 0. The Morgan fingerprint density at radius 3 is 2.36 bits per heavy atom. The summed E-state index contributed by atoms with van der Waals surface area (Å²) in [6, 6.07) is 0. The molecule has 0 aromatic carbocycles. The number of hydrogen-bond acceptors (Lipinski definition) is 3. The molecule has 0 bridgehead atoms. The second kappa shape index (κ2) is 4.04. The minimum absolute atomic E-state index is 0.245. The molecule has 1 fully saturated rings. The Balaban J connectivity index is 2.11. The van der Waals surface area contributed by atoms with E-state index in [-0.39, 0.29) is 5.41 Å². The lowest BCUT2D eigenvalue weighted by molar-refractivity contribution is -0.325. The lowest BCUT2D eigenvalue weighted by Crippen LogP contribution is -2.45. The average molecular weight is 160 g/mol. The molecular weight excluding hydrogens is 144 g/mol. The molecular formula is C8H16O3. The zero-order chi connectivity index (χ0) is 8.16. The van der Waals surface area contributed by atoms with E-state index in [0.717, 1.165) is 19.6 Å². The van der Waals surface area contributed by atoms with Crippen molar-refractivity contribution < 1.29 is 14.5 Å². The topological polar surface area (TPSA) is 27.7 Å². The van der Waals surface area contributed by atoms with Gasteiger partial charge in [0.2, 0.25) is 0 Å². The average Bonchev–Trinajstić information content (AvgIpc) is 1.95. The van der Waals surface area contributed by atoms with Gasteiger partial charge in [-0.05, 0) is 13.3 Å². The molecule has 3 nitrogen and oxygen atoms in total. The summed E-state index contributed by atoms with van der Waals surface area (Å²) in [6.07, 6.45) is 1.10. The second-order valence-corrected chi connectivity index (χ2v) is 3.02. The lowest BCUT2D eigenvalue weighted by atomic mass is 9.84.